The number of benzene rings is 1. The predicted octanol–water partition coefficient (Wildman–Crippen LogP) is 2.42. The van der Waals surface area contributed by atoms with Crippen molar-refractivity contribution in [2.75, 3.05) is 11.9 Å². The fourth-order valence-electron chi connectivity index (χ4n) is 1.98. The van der Waals surface area contributed by atoms with E-state index in [-0.39, 0.29) is 17.0 Å². The van der Waals surface area contributed by atoms with Crippen LogP contribution in [0.3, 0.4) is 0 Å². The molecule has 0 radical (unpaired) electrons. The number of carbonyl (C=O) groups excluding carboxylic acids is 1. The van der Waals surface area contributed by atoms with Crippen molar-refractivity contribution >= 4 is 23.2 Å². The molecule has 0 spiro atoms. The Morgan fingerprint density at radius 3 is 2.94 bits per heavy atom. The highest BCUT2D eigenvalue weighted by molar-refractivity contribution is 6.30. The van der Waals surface area contributed by atoms with Crippen molar-refractivity contribution in [3.8, 4) is 0 Å². The Bertz CT molecular complexity index is 439. The van der Waals surface area contributed by atoms with E-state index in [1.165, 1.54) is 12.1 Å². The standard InChI is InChI=1S/C12H14ClFN2O/c1-7-4-5-15-11(7)12(17)16-8-2-3-9(13)10(14)6-8/h2-3,6-7,11,15H,4-5H2,1H3,(H,16,17). The summed E-state index contributed by atoms with van der Waals surface area (Å²) in [7, 11) is 0. The largest absolute Gasteiger partial charge is 0.325 e. The van der Waals surface area contributed by atoms with Crippen LogP contribution in [0.25, 0.3) is 0 Å². The predicted molar refractivity (Wildman–Crippen MR) is 65.6 cm³/mol. The van der Waals surface area contributed by atoms with Gasteiger partial charge in [0, 0.05) is 5.69 Å². The topological polar surface area (TPSA) is 41.1 Å². The van der Waals surface area contributed by atoms with Crippen LogP contribution in [0.15, 0.2) is 18.2 Å². The molecule has 1 fully saturated rings. The smallest absolute Gasteiger partial charge is 0.241 e. The Balaban J connectivity index is 2.05. The van der Waals surface area contributed by atoms with E-state index in [1.807, 2.05) is 6.92 Å². The van der Waals surface area contributed by atoms with E-state index >= 15 is 0 Å². The third-order valence-corrected chi connectivity index (χ3v) is 3.31. The molecule has 1 aromatic carbocycles. The van der Waals surface area contributed by atoms with Crippen LogP contribution in [0.4, 0.5) is 10.1 Å². The van der Waals surface area contributed by atoms with Crippen molar-refractivity contribution in [3.63, 3.8) is 0 Å². The number of rotatable bonds is 2. The lowest BCUT2D eigenvalue weighted by Gasteiger charge is -2.15. The molecule has 3 nitrogen and oxygen atoms in total. The van der Waals surface area contributed by atoms with Crippen LogP contribution in [0.5, 0.6) is 0 Å². The molecular formula is C12H14ClFN2O. The van der Waals surface area contributed by atoms with Gasteiger partial charge >= 0.3 is 0 Å². The van der Waals surface area contributed by atoms with Gasteiger partial charge < -0.3 is 10.6 Å². The monoisotopic (exact) mass is 256 g/mol. The minimum atomic E-state index is -0.531. The average molecular weight is 257 g/mol. The van der Waals surface area contributed by atoms with Gasteiger partial charge in [0.15, 0.2) is 0 Å². The lowest BCUT2D eigenvalue weighted by atomic mass is 10.0. The van der Waals surface area contributed by atoms with Crippen LogP contribution in [-0.2, 0) is 4.79 Å². The lowest BCUT2D eigenvalue weighted by molar-refractivity contribution is -0.118. The van der Waals surface area contributed by atoms with Crippen LogP contribution in [0, 0.1) is 11.7 Å². The number of nitrogens with one attached hydrogen (secondary N) is 2. The third-order valence-electron chi connectivity index (χ3n) is 3.00. The summed E-state index contributed by atoms with van der Waals surface area (Å²) >= 11 is 5.57. The first kappa shape index (κ1) is 12.3. The Kier molecular flexibility index (Phi) is 3.64. The zero-order chi connectivity index (χ0) is 12.4. The molecule has 2 unspecified atom stereocenters. The first-order chi connectivity index (χ1) is 8.08. The number of halogens is 2. The molecule has 2 atom stereocenters. The third kappa shape index (κ3) is 2.76. The van der Waals surface area contributed by atoms with Gasteiger partial charge in [-0.15, -0.1) is 0 Å². The average Bonchev–Trinajstić information content (AvgIpc) is 2.70. The molecule has 1 aromatic rings. The van der Waals surface area contributed by atoms with Crippen molar-refractivity contribution in [2.24, 2.45) is 5.92 Å². The summed E-state index contributed by atoms with van der Waals surface area (Å²) in [5.74, 6) is -0.360. The van der Waals surface area contributed by atoms with Gasteiger partial charge in [0.2, 0.25) is 5.91 Å². The van der Waals surface area contributed by atoms with Crippen LogP contribution in [-0.4, -0.2) is 18.5 Å². The van der Waals surface area contributed by atoms with E-state index in [9.17, 15) is 9.18 Å². The molecule has 5 heteroatoms. The summed E-state index contributed by atoms with van der Waals surface area (Å²) in [5.41, 5.74) is 0.429. The molecular weight excluding hydrogens is 243 g/mol. The molecule has 1 heterocycles. The fraction of sp³-hybridized carbons (Fsp3) is 0.417. The lowest BCUT2D eigenvalue weighted by Crippen LogP contribution is -2.39. The number of carbonyl (C=O) groups is 1. The first-order valence-corrected chi connectivity index (χ1v) is 5.95. The molecule has 17 heavy (non-hydrogen) atoms. The second kappa shape index (κ2) is 5.02. The summed E-state index contributed by atoms with van der Waals surface area (Å²) in [4.78, 5) is 11.9. The van der Waals surface area contributed by atoms with Crippen molar-refractivity contribution in [1.29, 1.82) is 0 Å². The molecule has 2 rings (SSSR count). The zero-order valence-corrected chi connectivity index (χ0v) is 10.2. The van der Waals surface area contributed by atoms with Crippen LogP contribution < -0.4 is 10.6 Å². The van der Waals surface area contributed by atoms with Crippen LogP contribution >= 0.6 is 11.6 Å². The van der Waals surface area contributed by atoms with Gasteiger partial charge in [-0.05, 0) is 37.1 Å². The number of hydrogen-bond acceptors (Lipinski definition) is 2. The summed E-state index contributed by atoms with van der Waals surface area (Å²) in [6.45, 7) is 2.86. The van der Waals surface area contributed by atoms with Gasteiger partial charge in [0.05, 0.1) is 11.1 Å². The van der Waals surface area contributed by atoms with Gasteiger partial charge in [-0.2, -0.15) is 0 Å². The molecule has 0 aliphatic carbocycles. The summed E-state index contributed by atoms with van der Waals surface area (Å²) in [6, 6.07) is 4.04. The molecule has 92 valence electrons. The second-order valence-corrected chi connectivity index (χ2v) is 4.72. The van der Waals surface area contributed by atoms with E-state index in [0.717, 1.165) is 13.0 Å². The quantitative estimate of drug-likeness (QED) is 0.853. The molecule has 1 amide bonds. The minimum Gasteiger partial charge on any atom is -0.325 e. The normalized spacial score (nSPS) is 23.7. The van der Waals surface area contributed by atoms with Crippen molar-refractivity contribution in [2.45, 2.75) is 19.4 Å². The summed E-state index contributed by atoms with van der Waals surface area (Å²) in [5, 5.41) is 5.85. The molecule has 2 N–H and O–H groups in total. The molecule has 0 aromatic heterocycles. The first-order valence-electron chi connectivity index (χ1n) is 5.57. The van der Waals surface area contributed by atoms with Gasteiger partial charge in [-0.1, -0.05) is 18.5 Å². The molecule has 1 saturated heterocycles. The Morgan fingerprint density at radius 1 is 1.59 bits per heavy atom. The maximum Gasteiger partial charge on any atom is 0.241 e. The fourth-order valence-corrected chi connectivity index (χ4v) is 2.10. The SMILES string of the molecule is CC1CCNC1C(=O)Nc1ccc(Cl)c(F)c1. The number of anilines is 1. The number of amides is 1. The van der Waals surface area contributed by atoms with E-state index in [0.29, 0.717) is 11.6 Å². The van der Waals surface area contributed by atoms with E-state index in [2.05, 4.69) is 10.6 Å². The molecule has 1 aliphatic rings. The Morgan fingerprint density at radius 2 is 2.35 bits per heavy atom. The van der Waals surface area contributed by atoms with E-state index in [1.54, 1.807) is 6.07 Å². The second-order valence-electron chi connectivity index (χ2n) is 4.32. The highest BCUT2D eigenvalue weighted by Gasteiger charge is 2.29. The van der Waals surface area contributed by atoms with Crippen molar-refractivity contribution in [1.82, 2.24) is 5.32 Å². The van der Waals surface area contributed by atoms with Gasteiger partial charge in [-0.3, -0.25) is 4.79 Å². The van der Waals surface area contributed by atoms with Gasteiger partial charge in [-0.25, -0.2) is 4.39 Å². The summed E-state index contributed by atoms with van der Waals surface area (Å²) in [6.07, 6.45) is 0.979. The molecule has 0 bridgehead atoms. The van der Waals surface area contributed by atoms with Gasteiger partial charge in [0.25, 0.3) is 0 Å². The highest BCUT2D eigenvalue weighted by Crippen LogP contribution is 2.20. The van der Waals surface area contributed by atoms with Gasteiger partial charge in [0.1, 0.15) is 5.82 Å². The maximum atomic E-state index is 13.2. The van der Waals surface area contributed by atoms with E-state index in [4.69, 9.17) is 11.6 Å². The Hall–Kier alpha value is -1.13. The van der Waals surface area contributed by atoms with Crippen molar-refractivity contribution < 1.29 is 9.18 Å². The molecule has 1 aliphatic heterocycles. The minimum absolute atomic E-state index is 0.0513. The van der Waals surface area contributed by atoms with Crippen LogP contribution in [0.1, 0.15) is 13.3 Å². The summed E-state index contributed by atoms with van der Waals surface area (Å²) < 4.78 is 13.2. The Labute approximate surface area is 104 Å². The van der Waals surface area contributed by atoms with Crippen molar-refractivity contribution in [3.05, 3.63) is 29.0 Å². The van der Waals surface area contributed by atoms with E-state index < -0.39 is 5.82 Å². The molecule has 0 saturated carbocycles. The number of hydrogen-bond donors (Lipinski definition) is 2. The maximum absolute atomic E-state index is 13.2. The highest BCUT2D eigenvalue weighted by atomic mass is 35.5. The van der Waals surface area contributed by atoms with Crippen LogP contribution in [0.2, 0.25) is 5.02 Å². The zero-order valence-electron chi connectivity index (χ0n) is 9.47.